The Kier molecular flexibility index (Phi) is 2.31. The van der Waals surface area contributed by atoms with Gasteiger partial charge >= 0.3 is 0 Å². The number of aromatic amines is 1. The minimum absolute atomic E-state index is 0.127. The lowest BCUT2D eigenvalue weighted by Gasteiger charge is -2.03. The van der Waals surface area contributed by atoms with Gasteiger partial charge in [-0.25, -0.2) is 4.98 Å². The molecule has 0 radical (unpaired) electrons. The maximum Gasteiger partial charge on any atom is 0.252 e. The number of aromatic hydroxyl groups is 1. The number of aryl methyl sites for hydroxylation is 2. The lowest BCUT2D eigenvalue weighted by Crippen LogP contribution is -2.13. The number of hydrogen-bond donors (Lipinski definition) is 3. The first-order valence-electron chi connectivity index (χ1n) is 6.90. The van der Waals surface area contributed by atoms with Crippen molar-refractivity contribution in [3.05, 3.63) is 41.3 Å². The number of carbonyl (C=O) groups excluding carboxylic acids is 1. The first-order valence-corrected chi connectivity index (χ1v) is 6.90. The first-order chi connectivity index (χ1) is 10.5. The molecular weight excluding hydrogens is 280 g/mol. The van der Waals surface area contributed by atoms with Crippen molar-refractivity contribution < 1.29 is 9.90 Å². The zero-order valence-corrected chi connectivity index (χ0v) is 12.1. The molecule has 0 bridgehead atoms. The van der Waals surface area contributed by atoms with E-state index < -0.39 is 5.91 Å². The predicted octanol–water partition coefficient (Wildman–Crippen LogP) is 2.39. The van der Waals surface area contributed by atoms with Crippen LogP contribution in [0.2, 0.25) is 0 Å². The van der Waals surface area contributed by atoms with Crippen LogP contribution in [0.25, 0.3) is 27.5 Å². The van der Waals surface area contributed by atoms with E-state index in [4.69, 9.17) is 5.73 Å². The summed E-state index contributed by atoms with van der Waals surface area (Å²) in [5.41, 5.74) is 9.66. The number of phenolic OH excluding ortho intramolecular Hbond substituents is 1. The van der Waals surface area contributed by atoms with Gasteiger partial charge in [0.25, 0.3) is 5.91 Å². The molecule has 3 aromatic heterocycles. The molecule has 0 saturated carbocycles. The van der Waals surface area contributed by atoms with Crippen molar-refractivity contribution in [1.82, 2.24) is 14.4 Å². The summed E-state index contributed by atoms with van der Waals surface area (Å²) in [4.78, 5) is 19.6. The molecule has 22 heavy (non-hydrogen) atoms. The van der Waals surface area contributed by atoms with Crippen LogP contribution >= 0.6 is 0 Å². The molecule has 3 heterocycles. The summed E-state index contributed by atoms with van der Waals surface area (Å²) >= 11 is 0. The molecule has 110 valence electrons. The third-order valence-electron chi connectivity index (χ3n) is 4.22. The minimum atomic E-state index is -0.524. The molecule has 0 fully saturated rings. The van der Waals surface area contributed by atoms with Gasteiger partial charge in [0.1, 0.15) is 11.4 Å². The number of imidazole rings is 1. The third-order valence-corrected chi connectivity index (χ3v) is 4.22. The number of nitrogens with zero attached hydrogens (tertiary/aromatic N) is 2. The average Bonchev–Trinajstić information content (AvgIpc) is 2.99. The molecule has 0 aliphatic rings. The number of hydrogen-bond acceptors (Lipinski definition) is 3. The van der Waals surface area contributed by atoms with Crippen LogP contribution in [0, 0.1) is 13.8 Å². The molecule has 4 aromatic rings. The van der Waals surface area contributed by atoms with Gasteiger partial charge in [0, 0.05) is 17.3 Å². The number of rotatable bonds is 1. The lowest BCUT2D eigenvalue weighted by atomic mass is 10.1. The van der Waals surface area contributed by atoms with Gasteiger partial charge in [-0.05, 0) is 19.9 Å². The van der Waals surface area contributed by atoms with Crippen molar-refractivity contribution in [2.75, 3.05) is 0 Å². The summed E-state index contributed by atoms with van der Waals surface area (Å²) in [6, 6.07) is 5.25. The Hall–Kier alpha value is -3.02. The summed E-state index contributed by atoms with van der Waals surface area (Å²) < 4.78 is 1.87. The SMILES string of the molecule is Cc1nc2c3c([nH]c4c(O)cccc43)c(C(N)=O)cn2c1C. The van der Waals surface area contributed by atoms with Crippen LogP contribution in [-0.2, 0) is 0 Å². The molecule has 4 rings (SSSR count). The molecule has 4 N–H and O–H groups in total. The van der Waals surface area contributed by atoms with E-state index in [0.29, 0.717) is 16.6 Å². The van der Waals surface area contributed by atoms with E-state index in [1.807, 2.05) is 24.3 Å². The molecule has 0 atom stereocenters. The van der Waals surface area contributed by atoms with E-state index in [9.17, 15) is 9.90 Å². The van der Waals surface area contributed by atoms with Gasteiger partial charge in [0.05, 0.1) is 27.7 Å². The lowest BCUT2D eigenvalue weighted by molar-refractivity contribution is 0.100. The Morgan fingerprint density at radius 1 is 1.32 bits per heavy atom. The van der Waals surface area contributed by atoms with Crippen LogP contribution in [0.4, 0.5) is 0 Å². The van der Waals surface area contributed by atoms with E-state index in [0.717, 1.165) is 27.8 Å². The highest BCUT2D eigenvalue weighted by atomic mass is 16.3. The van der Waals surface area contributed by atoms with Crippen LogP contribution in [-0.4, -0.2) is 25.4 Å². The largest absolute Gasteiger partial charge is 0.506 e. The van der Waals surface area contributed by atoms with Crippen LogP contribution < -0.4 is 5.73 Å². The topological polar surface area (TPSA) is 96.4 Å². The van der Waals surface area contributed by atoms with Crippen molar-refractivity contribution in [2.24, 2.45) is 5.73 Å². The Bertz CT molecular complexity index is 1090. The standard InChI is InChI=1S/C16H14N4O2/c1-7-8(2)20-6-10(15(17)22)14-12(16(20)18-7)9-4-3-5-11(21)13(9)19-14/h3-6,19,21H,1-2H3,(H2,17,22). The maximum absolute atomic E-state index is 11.8. The quantitative estimate of drug-likeness (QED) is 0.503. The summed E-state index contributed by atoms with van der Waals surface area (Å²) in [6.07, 6.45) is 1.70. The smallest absolute Gasteiger partial charge is 0.252 e. The Balaban J connectivity index is 2.38. The van der Waals surface area contributed by atoms with E-state index >= 15 is 0 Å². The van der Waals surface area contributed by atoms with Crippen LogP contribution in [0.3, 0.4) is 0 Å². The zero-order valence-electron chi connectivity index (χ0n) is 12.1. The van der Waals surface area contributed by atoms with Gasteiger partial charge in [-0.15, -0.1) is 0 Å². The van der Waals surface area contributed by atoms with E-state index in [1.165, 1.54) is 0 Å². The van der Waals surface area contributed by atoms with Crippen LogP contribution in [0.1, 0.15) is 21.7 Å². The van der Waals surface area contributed by atoms with Gasteiger partial charge in [-0.2, -0.15) is 0 Å². The highest BCUT2D eigenvalue weighted by Gasteiger charge is 2.19. The second-order valence-electron chi connectivity index (χ2n) is 5.46. The Morgan fingerprint density at radius 2 is 2.09 bits per heavy atom. The van der Waals surface area contributed by atoms with Gasteiger partial charge in [0.15, 0.2) is 0 Å². The monoisotopic (exact) mass is 294 g/mol. The Morgan fingerprint density at radius 3 is 2.82 bits per heavy atom. The summed E-state index contributed by atoms with van der Waals surface area (Å²) in [5, 5.41) is 11.7. The summed E-state index contributed by atoms with van der Waals surface area (Å²) in [7, 11) is 0. The highest BCUT2D eigenvalue weighted by Crippen LogP contribution is 2.35. The molecule has 0 spiro atoms. The molecule has 6 nitrogen and oxygen atoms in total. The number of benzene rings is 1. The fourth-order valence-electron chi connectivity index (χ4n) is 2.98. The molecule has 1 amide bonds. The molecule has 6 heteroatoms. The number of phenols is 1. The van der Waals surface area contributed by atoms with Gasteiger partial charge in [0.2, 0.25) is 0 Å². The van der Waals surface area contributed by atoms with Crippen molar-refractivity contribution in [3.8, 4) is 5.75 Å². The Labute approximate surface area is 125 Å². The molecule has 0 saturated heterocycles. The number of para-hydroxylation sites is 1. The predicted molar refractivity (Wildman–Crippen MR) is 84.2 cm³/mol. The van der Waals surface area contributed by atoms with Crippen molar-refractivity contribution in [3.63, 3.8) is 0 Å². The van der Waals surface area contributed by atoms with E-state index in [-0.39, 0.29) is 5.75 Å². The maximum atomic E-state index is 11.8. The number of nitrogens with one attached hydrogen (secondary N) is 1. The van der Waals surface area contributed by atoms with Gasteiger partial charge in [-0.3, -0.25) is 4.79 Å². The number of H-pyrrole nitrogens is 1. The van der Waals surface area contributed by atoms with Crippen molar-refractivity contribution in [2.45, 2.75) is 13.8 Å². The van der Waals surface area contributed by atoms with Crippen LogP contribution in [0.5, 0.6) is 5.75 Å². The first kappa shape index (κ1) is 12.7. The van der Waals surface area contributed by atoms with Crippen molar-refractivity contribution >= 4 is 33.4 Å². The third kappa shape index (κ3) is 1.43. The molecule has 0 aliphatic carbocycles. The second-order valence-corrected chi connectivity index (χ2v) is 5.46. The number of fused-ring (bicyclic) bond motifs is 5. The van der Waals surface area contributed by atoms with Gasteiger partial charge in [-0.1, -0.05) is 12.1 Å². The zero-order chi connectivity index (χ0) is 15.6. The number of carbonyl (C=O) groups is 1. The van der Waals surface area contributed by atoms with Crippen molar-refractivity contribution in [1.29, 1.82) is 0 Å². The number of primary amides is 1. The van der Waals surface area contributed by atoms with E-state index in [2.05, 4.69) is 9.97 Å². The molecule has 0 aliphatic heterocycles. The molecule has 0 unspecified atom stereocenters. The minimum Gasteiger partial charge on any atom is -0.506 e. The second kappa shape index (κ2) is 4.00. The normalized spacial score (nSPS) is 11.7. The average molecular weight is 294 g/mol. The fourth-order valence-corrected chi connectivity index (χ4v) is 2.98. The number of aromatic nitrogens is 3. The van der Waals surface area contributed by atoms with Crippen LogP contribution in [0.15, 0.2) is 24.4 Å². The number of nitrogens with two attached hydrogens (primary N) is 1. The molecular formula is C16H14N4O2. The van der Waals surface area contributed by atoms with Gasteiger partial charge < -0.3 is 20.2 Å². The molecule has 1 aromatic carbocycles. The fraction of sp³-hybridized carbons (Fsp3) is 0.125. The van der Waals surface area contributed by atoms with E-state index in [1.54, 1.807) is 18.3 Å². The summed E-state index contributed by atoms with van der Waals surface area (Å²) in [6.45, 7) is 3.86. The highest BCUT2D eigenvalue weighted by molar-refractivity contribution is 6.20. The number of pyridine rings is 1. The summed E-state index contributed by atoms with van der Waals surface area (Å²) in [5.74, 6) is -0.397. The number of amides is 1.